The maximum absolute atomic E-state index is 5.74. The second-order valence-electron chi connectivity index (χ2n) is 3.12. The fourth-order valence-electron chi connectivity index (χ4n) is 1.10. The van der Waals surface area contributed by atoms with Gasteiger partial charge < -0.3 is 4.90 Å². The van der Waals surface area contributed by atoms with E-state index in [0.717, 1.165) is 0 Å². The second kappa shape index (κ2) is 3.82. The van der Waals surface area contributed by atoms with Crippen molar-refractivity contribution in [2.75, 3.05) is 19.0 Å². The van der Waals surface area contributed by atoms with Gasteiger partial charge in [-0.3, -0.25) is 0 Å². The summed E-state index contributed by atoms with van der Waals surface area (Å²) in [5, 5.41) is 11.9. The number of nitrogens with zero attached hydrogens (tertiary/aromatic N) is 6. The highest BCUT2D eigenvalue weighted by molar-refractivity contribution is 6.30. The van der Waals surface area contributed by atoms with Crippen molar-refractivity contribution in [1.82, 2.24) is 25.2 Å². The van der Waals surface area contributed by atoms with E-state index in [-0.39, 0.29) is 0 Å². The number of pyridine rings is 1. The monoisotopic (exact) mass is 224 g/mol. The van der Waals surface area contributed by atoms with E-state index >= 15 is 0 Å². The average Bonchev–Trinajstić information content (AvgIpc) is 2.67. The molecule has 78 valence electrons. The molecule has 6 nitrogen and oxygen atoms in total. The molecule has 0 aliphatic carbocycles. The first-order valence-corrected chi connectivity index (χ1v) is 4.64. The minimum atomic E-state index is 0.582. The lowest BCUT2D eigenvalue weighted by atomic mass is 10.4. The molecule has 0 spiro atoms. The lowest BCUT2D eigenvalue weighted by molar-refractivity contribution is 0.766. The Kier molecular flexibility index (Phi) is 2.51. The van der Waals surface area contributed by atoms with Crippen molar-refractivity contribution >= 4 is 17.5 Å². The van der Waals surface area contributed by atoms with Crippen molar-refractivity contribution in [2.24, 2.45) is 0 Å². The summed E-state index contributed by atoms with van der Waals surface area (Å²) in [6.07, 6.45) is 1.55. The maximum atomic E-state index is 5.74. The number of aromatic nitrogens is 5. The van der Waals surface area contributed by atoms with Crippen LogP contribution in [-0.2, 0) is 0 Å². The van der Waals surface area contributed by atoms with Crippen LogP contribution in [0.2, 0.25) is 5.02 Å². The third kappa shape index (κ3) is 1.89. The van der Waals surface area contributed by atoms with Gasteiger partial charge in [0.25, 0.3) is 5.95 Å². The van der Waals surface area contributed by atoms with Crippen LogP contribution in [0.5, 0.6) is 0 Å². The van der Waals surface area contributed by atoms with E-state index in [1.165, 1.54) is 4.68 Å². The van der Waals surface area contributed by atoms with Crippen LogP contribution in [0.4, 0.5) is 5.95 Å². The van der Waals surface area contributed by atoms with Crippen LogP contribution in [0, 0.1) is 0 Å². The number of tetrazole rings is 1. The summed E-state index contributed by atoms with van der Waals surface area (Å²) in [6.45, 7) is 0. The molecule has 0 saturated carbocycles. The molecule has 0 aliphatic heterocycles. The van der Waals surface area contributed by atoms with Crippen LogP contribution in [0.3, 0.4) is 0 Å². The van der Waals surface area contributed by atoms with Gasteiger partial charge in [-0.15, -0.1) is 0 Å². The molecule has 0 fully saturated rings. The molecule has 7 heteroatoms. The summed E-state index contributed by atoms with van der Waals surface area (Å²) in [5.74, 6) is 1.25. The molecule has 0 amide bonds. The summed E-state index contributed by atoms with van der Waals surface area (Å²) >= 11 is 5.74. The molecule has 0 aliphatic rings. The van der Waals surface area contributed by atoms with Gasteiger partial charge in [0.1, 0.15) is 0 Å². The Hall–Kier alpha value is -1.69. The molecular formula is C8H9ClN6. The lowest BCUT2D eigenvalue weighted by Crippen LogP contribution is -2.15. The molecule has 0 N–H and O–H groups in total. The Morgan fingerprint density at radius 1 is 1.33 bits per heavy atom. The molecule has 0 aromatic carbocycles. The Morgan fingerprint density at radius 3 is 2.73 bits per heavy atom. The third-order valence-electron chi connectivity index (χ3n) is 1.78. The van der Waals surface area contributed by atoms with Gasteiger partial charge in [-0.1, -0.05) is 16.7 Å². The molecule has 2 aromatic rings. The quantitative estimate of drug-likeness (QED) is 0.755. The molecule has 2 heterocycles. The van der Waals surface area contributed by atoms with Crippen molar-refractivity contribution < 1.29 is 0 Å². The first-order valence-electron chi connectivity index (χ1n) is 4.26. The molecule has 0 bridgehead atoms. The standard InChI is InChI=1S/C8H9ClN6/c1-14(2)8-11-12-13-15(8)7-4-3-6(9)5-10-7/h3-5H,1-2H3. The van der Waals surface area contributed by atoms with E-state index in [9.17, 15) is 0 Å². The first-order chi connectivity index (χ1) is 7.18. The molecule has 0 radical (unpaired) electrons. The molecule has 0 saturated heterocycles. The van der Waals surface area contributed by atoms with Gasteiger partial charge in [0.2, 0.25) is 0 Å². The molecule has 15 heavy (non-hydrogen) atoms. The van der Waals surface area contributed by atoms with E-state index in [1.807, 2.05) is 14.1 Å². The maximum Gasteiger partial charge on any atom is 0.251 e. The van der Waals surface area contributed by atoms with Crippen molar-refractivity contribution in [3.63, 3.8) is 0 Å². The van der Waals surface area contributed by atoms with Crippen LogP contribution in [0.25, 0.3) is 5.82 Å². The Bertz CT molecular complexity index is 448. The van der Waals surface area contributed by atoms with Gasteiger partial charge in [-0.2, -0.15) is 4.68 Å². The molecule has 2 rings (SSSR count). The lowest BCUT2D eigenvalue weighted by Gasteiger charge is -2.10. The second-order valence-corrected chi connectivity index (χ2v) is 3.56. The first kappa shape index (κ1) is 9.85. The Morgan fingerprint density at radius 2 is 2.13 bits per heavy atom. The minimum absolute atomic E-state index is 0.582. The Labute approximate surface area is 91.5 Å². The van der Waals surface area contributed by atoms with Gasteiger partial charge in [-0.25, -0.2) is 4.98 Å². The van der Waals surface area contributed by atoms with Crippen molar-refractivity contribution in [1.29, 1.82) is 0 Å². The van der Waals surface area contributed by atoms with Crippen LogP contribution in [0.1, 0.15) is 0 Å². The van der Waals surface area contributed by atoms with E-state index in [1.54, 1.807) is 23.2 Å². The SMILES string of the molecule is CN(C)c1nnnn1-c1ccc(Cl)cn1. The largest absolute Gasteiger partial charge is 0.345 e. The van der Waals surface area contributed by atoms with E-state index < -0.39 is 0 Å². The van der Waals surface area contributed by atoms with Gasteiger partial charge in [-0.05, 0) is 22.6 Å². The highest BCUT2D eigenvalue weighted by Gasteiger charge is 2.10. The fraction of sp³-hybridized carbons (Fsp3) is 0.250. The number of hydrogen-bond acceptors (Lipinski definition) is 5. The number of anilines is 1. The van der Waals surface area contributed by atoms with Crippen LogP contribution in [-0.4, -0.2) is 39.3 Å². The summed E-state index contributed by atoms with van der Waals surface area (Å²) in [5.41, 5.74) is 0. The zero-order valence-corrected chi connectivity index (χ0v) is 9.05. The zero-order chi connectivity index (χ0) is 10.8. The smallest absolute Gasteiger partial charge is 0.251 e. The topological polar surface area (TPSA) is 59.7 Å². The van der Waals surface area contributed by atoms with Crippen LogP contribution < -0.4 is 4.90 Å². The van der Waals surface area contributed by atoms with Crippen LogP contribution in [0.15, 0.2) is 18.3 Å². The third-order valence-corrected chi connectivity index (χ3v) is 2.01. The van der Waals surface area contributed by atoms with Crippen molar-refractivity contribution in [3.8, 4) is 5.82 Å². The predicted octanol–water partition coefficient (Wildman–Crippen LogP) is 0.777. The summed E-state index contributed by atoms with van der Waals surface area (Å²) < 4.78 is 1.54. The normalized spacial score (nSPS) is 10.3. The number of halogens is 1. The van der Waals surface area contributed by atoms with E-state index in [0.29, 0.717) is 16.8 Å². The Balaban J connectivity index is 2.45. The number of rotatable bonds is 2. The van der Waals surface area contributed by atoms with E-state index in [2.05, 4.69) is 20.5 Å². The van der Waals surface area contributed by atoms with Gasteiger partial charge >= 0.3 is 0 Å². The fourth-order valence-corrected chi connectivity index (χ4v) is 1.21. The number of hydrogen-bond donors (Lipinski definition) is 0. The van der Waals surface area contributed by atoms with Crippen molar-refractivity contribution in [3.05, 3.63) is 23.4 Å². The summed E-state index contributed by atoms with van der Waals surface area (Å²) in [4.78, 5) is 5.93. The van der Waals surface area contributed by atoms with Crippen LogP contribution >= 0.6 is 11.6 Å². The molecule has 0 unspecified atom stereocenters. The highest BCUT2D eigenvalue weighted by atomic mass is 35.5. The zero-order valence-electron chi connectivity index (χ0n) is 8.29. The van der Waals surface area contributed by atoms with E-state index in [4.69, 9.17) is 11.6 Å². The molecule has 0 atom stereocenters. The average molecular weight is 225 g/mol. The molecule has 2 aromatic heterocycles. The minimum Gasteiger partial charge on any atom is -0.345 e. The van der Waals surface area contributed by atoms with Gasteiger partial charge in [0.15, 0.2) is 5.82 Å². The molecular weight excluding hydrogens is 216 g/mol. The van der Waals surface area contributed by atoms with Gasteiger partial charge in [0.05, 0.1) is 5.02 Å². The summed E-state index contributed by atoms with van der Waals surface area (Å²) in [6, 6.07) is 3.50. The summed E-state index contributed by atoms with van der Waals surface area (Å²) in [7, 11) is 3.72. The van der Waals surface area contributed by atoms with Gasteiger partial charge in [0, 0.05) is 20.3 Å². The highest BCUT2D eigenvalue weighted by Crippen LogP contribution is 2.13. The van der Waals surface area contributed by atoms with Crippen molar-refractivity contribution in [2.45, 2.75) is 0 Å². The predicted molar refractivity (Wildman–Crippen MR) is 56.3 cm³/mol.